The van der Waals surface area contributed by atoms with Gasteiger partial charge >= 0.3 is 0 Å². The van der Waals surface area contributed by atoms with Gasteiger partial charge in [0.15, 0.2) is 0 Å². The Hall–Kier alpha value is -1.13. The lowest BCUT2D eigenvalue weighted by Crippen LogP contribution is -2.34. The summed E-state index contributed by atoms with van der Waals surface area (Å²) in [4.78, 5) is 10.1. The summed E-state index contributed by atoms with van der Waals surface area (Å²) in [6.07, 6.45) is 3.71. The van der Waals surface area contributed by atoms with E-state index >= 15 is 0 Å². The minimum absolute atomic E-state index is 0.0393. The van der Waals surface area contributed by atoms with Gasteiger partial charge in [-0.2, -0.15) is 0 Å². The zero-order valence-corrected chi connectivity index (χ0v) is 9.54. The monoisotopic (exact) mass is 240 g/mol. The van der Waals surface area contributed by atoms with Crippen LogP contribution in [0.2, 0.25) is 5.02 Å². The van der Waals surface area contributed by atoms with E-state index in [1.807, 2.05) is 0 Å². The van der Waals surface area contributed by atoms with Crippen molar-refractivity contribution in [2.45, 2.75) is 31.8 Å². The number of nitrogens with one attached hydrogen (secondary N) is 1. The molecular weight excluding hydrogens is 228 g/mol. The normalized spacial score (nSPS) is 15.8. The fourth-order valence-corrected chi connectivity index (χ4v) is 1.90. The van der Waals surface area contributed by atoms with Crippen molar-refractivity contribution in [3.8, 4) is 0 Å². The van der Waals surface area contributed by atoms with Gasteiger partial charge < -0.3 is 5.32 Å². The van der Waals surface area contributed by atoms with E-state index in [0.29, 0.717) is 17.6 Å². The average molecular weight is 241 g/mol. The molecule has 0 aliphatic heterocycles. The van der Waals surface area contributed by atoms with Crippen molar-refractivity contribution in [1.29, 1.82) is 0 Å². The molecule has 16 heavy (non-hydrogen) atoms. The fourth-order valence-electron chi connectivity index (χ4n) is 1.66. The molecule has 0 aromatic heterocycles. The second-order valence-electron chi connectivity index (χ2n) is 4.04. The van der Waals surface area contributed by atoms with Crippen LogP contribution in [0.3, 0.4) is 0 Å². The molecule has 1 saturated carbocycles. The molecule has 4 nitrogen and oxygen atoms in total. The maximum absolute atomic E-state index is 10.5. The number of nitro groups is 1. The molecule has 0 saturated heterocycles. The highest BCUT2D eigenvalue weighted by atomic mass is 35.5. The van der Waals surface area contributed by atoms with Gasteiger partial charge in [0.05, 0.1) is 9.95 Å². The Kier molecular flexibility index (Phi) is 3.41. The van der Waals surface area contributed by atoms with E-state index in [2.05, 4.69) is 5.32 Å². The Bertz CT molecular complexity index is 405. The van der Waals surface area contributed by atoms with Crippen LogP contribution in [0.1, 0.15) is 24.8 Å². The number of halogens is 1. The Balaban J connectivity index is 2.00. The first kappa shape index (κ1) is 11.4. The molecule has 0 bridgehead atoms. The summed E-state index contributed by atoms with van der Waals surface area (Å²) >= 11 is 5.97. The summed E-state index contributed by atoms with van der Waals surface area (Å²) in [7, 11) is 0. The predicted octanol–water partition coefficient (Wildman–Crippen LogP) is 2.89. The fraction of sp³-hybridized carbons (Fsp3) is 0.455. The first-order valence-corrected chi connectivity index (χ1v) is 5.71. The van der Waals surface area contributed by atoms with E-state index in [9.17, 15) is 10.1 Å². The van der Waals surface area contributed by atoms with Crippen molar-refractivity contribution >= 4 is 17.3 Å². The average Bonchev–Trinajstić information content (AvgIpc) is 2.17. The van der Waals surface area contributed by atoms with Gasteiger partial charge in [0.1, 0.15) is 0 Å². The Morgan fingerprint density at radius 2 is 2.25 bits per heavy atom. The van der Waals surface area contributed by atoms with Crippen molar-refractivity contribution in [2.75, 3.05) is 0 Å². The summed E-state index contributed by atoms with van der Waals surface area (Å²) in [6.45, 7) is 0.682. The molecule has 1 N–H and O–H groups in total. The van der Waals surface area contributed by atoms with Crippen LogP contribution >= 0.6 is 11.6 Å². The van der Waals surface area contributed by atoms with E-state index in [0.717, 1.165) is 5.56 Å². The van der Waals surface area contributed by atoms with Gasteiger partial charge in [-0.05, 0) is 24.5 Å². The first-order chi connectivity index (χ1) is 7.66. The Morgan fingerprint density at radius 3 is 2.75 bits per heavy atom. The molecule has 1 aromatic rings. The quantitative estimate of drug-likeness (QED) is 0.650. The lowest BCUT2D eigenvalue weighted by atomic mass is 9.93. The molecular formula is C11H13ClN2O2. The third kappa shape index (κ3) is 2.51. The maximum atomic E-state index is 10.5. The van der Waals surface area contributed by atoms with Crippen LogP contribution in [0.5, 0.6) is 0 Å². The van der Waals surface area contributed by atoms with E-state index < -0.39 is 4.92 Å². The third-order valence-corrected chi connectivity index (χ3v) is 3.29. The summed E-state index contributed by atoms with van der Waals surface area (Å²) in [5, 5.41) is 14.3. The second kappa shape index (κ2) is 4.80. The Labute approximate surface area is 98.8 Å². The van der Waals surface area contributed by atoms with Gasteiger partial charge in [0.25, 0.3) is 5.69 Å². The standard InChI is InChI=1S/C11H13ClN2O2/c12-11-6-10(14(15)16)5-4-8(11)7-13-9-2-1-3-9/h4-6,9,13H,1-3,7H2. The highest BCUT2D eigenvalue weighted by molar-refractivity contribution is 6.31. The Morgan fingerprint density at radius 1 is 1.50 bits per heavy atom. The van der Waals surface area contributed by atoms with Crippen LogP contribution in [0, 0.1) is 10.1 Å². The van der Waals surface area contributed by atoms with E-state index in [-0.39, 0.29) is 5.69 Å². The zero-order chi connectivity index (χ0) is 11.5. The summed E-state index contributed by atoms with van der Waals surface area (Å²) in [6, 6.07) is 5.20. The zero-order valence-electron chi connectivity index (χ0n) is 8.78. The molecule has 0 unspecified atom stereocenters. The molecule has 0 amide bonds. The van der Waals surface area contributed by atoms with Gasteiger partial charge in [-0.15, -0.1) is 0 Å². The number of non-ortho nitro benzene ring substituents is 1. The van der Waals surface area contributed by atoms with Gasteiger partial charge in [-0.25, -0.2) is 0 Å². The molecule has 2 rings (SSSR count). The SMILES string of the molecule is O=[N+]([O-])c1ccc(CNC2CCC2)c(Cl)c1. The predicted molar refractivity (Wildman–Crippen MR) is 62.6 cm³/mol. The highest BCUT2D eigenvalue weighted by Gasteiger charge is 2.17. The molecule has 0 atom stereocenters. The number of hydrogen-bond donors (Lipinski definition) is 1. The molecule has 86 valence electrons. The minimum atomic E-state index is -0.435. The molecule has 0 spiro atoms. The van der Waals surface area contributed by atoms with Crippen molar-refractivity contribution in [3.63, 3.8) is 0 Å². The van der Waals surface area contributed by atoms with Crippen LogP contribution in [0.4, 0.5) is 5.69 Å². The minimum Gasteiger partial charge on any atom is -0.310 e. The topological polar surface area (TPSA) is 55.2 Å². The number of nitro benzene ring substituents is 1. The lowest BCUT2D eigenvalue weighted by molar-refractivity contribution is -0.384. The smallest absolute Gasteiger partial charge is 0.270 e. The van der Waals surface area contributed by atoms with Gasteiger partial charge in [-0.1, -0.05) is 18.0 Å². The van der Waals surface area contributed by atoms with Crippen LogP contribution < -0.4 is 5.32 Å². The molecule has 1 aliphatic rings. The molecule has 1 aliphatic carbocycles. The molecule has 1 fully saturated rings. The third-order valence-electron chi connectivity index (χ3n) is 2.93. The van der Waals surface area contributed by atoms with Crippen molar-refractivity contribution in [3.05, 3.63) is 38.9 Å². The van der Waals surface area contributed by atoms with Gasteiger partial charge in [0.2, 0.25) is 0 Å². The number of rotatable bonds is 4. The summed E-state index contributed by atoms with van der Waals surface area (Å²) in [5.41, 5.74) is 0.955. The highest BCUT2D eigenvalue weighted by Crippen LogP contribution is 2.24. The largest absolute Gasteiger partial charge is 0.310 e. The van der Waals surface area contributed by atoms with Gasteiger partial charge in [-0.3, -0.25) is 10.1 Å². The van der Waals surface area contributed by atoms with Crippen LogP contribution in [-0.2, 0) is 6.54 Å². The van der Waals surface area contributed by atoms with Crippen molar-refractivity contribution in [1.82, 2.24) is 5.32 Å². The number of benzene rings is 1. The summed E-state index contributed by atoms with van der Waals surface area (Å²) in [5.74, 6) is 0. The van der Waals surface area contributed by atoms with Crippen molar-refractivity contribution < 1.29 is 4.92 Å². The van der Waals surface area contributed by atoms with Crippen LogP contribution in [0.25, 0.3) is 0 Å². The van der Waals surface area contributed by atoms with E-state index in [1.54, 1.807) is 6.07 Å². The van der Waals surface area contributed by atoms with Crippen LogP contribution in [-0.4, -0.2) is 11.0 Å². The molecule has 0 radical (unpaired) electrons. The second-order valence-corrected chi connectivity index (χ2v) is 4.45. The molecule has 5 heteroatoms. The van der Waals surface area contributed by atoms with E-state index in [4.69, 9.17) is 11.6 Å². The van der Waals surface area contributed by atoms with Crippen LogP contribution in [0.15, 0.2) is 18.2 Å². The maximum Gasteiger partial charge on any atom is 0.270 e. The molecule has 0 heterocycles. The first-order valence-electron chi connectivity index (χ1n) is 5.33. The summed E-state index contributed by atoms with van der Waals surface area (Å²) < 4.78 is 0. The number of hydrogen-bond acceptors (Lipinski definition) is 3. The van der Waals surface area contributed by atoms with E-state index in [1.165, 1.54) is 31.4 Å². The lowest BCUT2D eigenvalue weighted by Gasteiger charge is -2.26. The van der Waals surface area contributed by atoms with Crippen molar-refractivity contribution in [2.24, 2.45) is 0 Å². The van der Waals surface area contributed by atoms with Gasteiger partial charge in [0, 0.05) is 24.7 Å². The number of nitrogens with zero attached hydrogens (tertiary/aromatic N) is 1. The molecule has 1 aromatic carbocycles.